The molecule has 1 saturated heterocycles. The Hall–Kier alpha value is -5.28. The monoisotopic (exact) mass is 597 g/mol. The van der Waals surface area contributed by atoms with Gasteiger partial charge in [-0.2, -0.15) is 5.26 Å². The van der Waals surface area contributed by atoms with Crippen LogP contribution in [0.15, 0.2) is 95.9 Å². The van der Waals surface area contributed by atoms with Gasteiger partial charge in [0.15, 0.2) is 0 Å². The van der Waals surface area contributed by atoms with Crippen LogP contribution in [0, 0.1) is 27.4 Å². The fourth-order valence-electron chi connectivity index (χ4n) is 5.03. The van der Waals surface area contributed by atoms with Crippen LogP contribution in [0.3, 0.4) is 0 Å². The van der Waals surface area contributed by atoms with Crippen LogP contribution in [0.5, 0.6) is 0 Å². The van der Waals surface area contributed by atoms with Crippen molar-refractivity contribution in [2.24, 2.45) is 5.92 Å². The van der Waals surface area contributed by atoms with Crippen LogP contribution < -0.4 is 9.62 Å². The van der Waals surface area contributed by atoms with Gasteiger partial charge in [0.1, 0.15) is 5.92 Å². The Labute approximate surface area is 248 Å². The largest absolute Gasteiger partial charge is 0.368 e. The van der Waals surface area contributed by atoms with E-state index < -0.39 is 32.7 Å². The lowest BCUT2D eigenvalue weighted by Gasteiger charge is -2.37. The number of non-ortho nitro benzene ring substituents is 1. The summed E-state index contributed by atoms with van der Waals surface area (Å²) >= 11 is 0. The van der Waals surface area contributed by atoms with Crippen molar-refractivity contribution in [3.05, 3.63) is 112 Å². The predicted octanol–water partition coefficient (Wildman–Crippen LogP) is 3.63. The Kier molecular flexibility index (Phi) is 8.36. The van der Waals surface area contributed by atoms with Gasteiger partial charge in [0.2, 0.25) is 11.8 Å². The summed E-state index contributed by atoms with van der Waals surface area (Å²) < 4.78 is 28.6. The van der Waals surface area contributed by atoms with Gasteiger partial charge in [0.25, 0.3) is 15.7 Å². The maximum atomic E-state index is 13.8. The number of nitrogens with zero attached hydrogens (tertiary/aromatic N) is 4. The van der Waals surface area contributed by atoms with E-state index >= 15 is 0 Å². The highest BCUT2D eigenvalue weighted by Gasteiger charge is 2.35. The zero-order valence-electron chi connectivity index (χ0n) is 22.9. The molecule has 1 unspecified atom stereocenters. The summed E-state index contributed by atoms with van der Waals surface area (Å²) in [5.74, 6) is -2.80. The summed E-state index contributed by atoms with van der Waals surface area (Å²) in [6.45, 7) is 1.38. The first kappa shape index (κ1) is 29.2. The zero-order chi connectivity index (χ0) is 30.6. The lowest BCUT2D eigenvalue weighted by molar-refractivity contribution is -0.384. The highest BCUT2D eigenvalue weighted by molar-refractivity contribution is 7.90. The van der Waals surface area contributed by atoms with Crippen molar-refractivity contribution in [2.45, 2.75) is 11.3 Å². The van der Waals surface area contributed by atoms with Crippen LogP contribution in [0.1, 0.15) is 11.1 Å². The summed E-state index contributed by atoms with van der Waals surface area (Å²) in [4.78, 5) is 41.2. The molecule has 43 heavy (non-hydrogen) atoms. The normalized spacial score (nSPS) is 14.1. The molecule has 5 rings (SSSR count). The van der Waals surface area contributed by atoms with Gasteiger partial charge in [-0.3, -0.25) is 19.7 Å². The van der Waals surface area contributed by atoms with Gasteiger partial charge in [-0.25, -0.2) is 13.1 Å². The zero-order valence-corrected chi connectivity index (χ0v) is 23.7. The van der Waals surface area contributed by atoms with Crippen molar-refractivity contribution in [2.75, 3.05) is 31.1 Å². The van der Waals surface area contributed by atoms with Crippen LogP contribution in [-0.2, 0) is 26.0 Å². The van der Waals surface area contributed by atoms with Crippen molar-refractivity contribution in [3.8, 4) is 6.07 Å². The molecule has 0 spiro atoms. The summed E-state index contributed by atoms with van der Waals surface area (Å²) in [6.07, 6.45) is -0.0633. The topological polar surface area (TPSA) is 154 Å². The number of amides is 2. The van der Waals surface area contributed by atoms with E-state index in [1.54, 1.807) is 54.6 Å². The molecule has 1 heterocycles. The molecule has 4 aromatic rings. The first-order chi connectivity index (χ1) is 20.6. The second kappa shape index (κ2) is 12.3. The summed E-state index contributed by atoms with van der Waals surface area (Å²) in [6, 6.07) is 26.3. The number of piperazine rings is 1. The number of hydrogen-bond donors (Lipinski definition) is 1. The number of hydrogen-bond acceptors (Lipinski definition) is 8. The first-order valence-corrected chi connectivity index (χ1v) is 15.0. The molecule has 1 aliphatic rings. The van der Waals surface area contributed by atoms with Crippen molar-refractivity contribution in [1.29, 1.82) is 5.26 Å². The van der Waals surface area contributed by atoms with Crippen molar-refractivity contribution in [3.63, 3.8) is 0 Å². The number of nitriles is 1. The highest BCUT2D eigenvalue weighted by Crippen LogP contribution is 2.23. The second-order valence-corrected chi connectivity index (χ2v) is 11.8. The maximum Gasteiger partial charge on any atom is 0.269 e. The molecule has 218 valence electrons. The molecule has 2 amide bonds. The van der Waals surface area contributed by atoms with Crippen LogP contribution in [0.4, 0.5) is 11.4 Å². The van der Waals surface area contributed by atoms with Gasteiger partial charge < -0.3 is 9.80 Å². The molecule has 0 bridgehead atoms. The standard InChI is InChI=1S/C31H27N5O6S/c32-21-23-7-5-22(6-8-23)19-29(30(37)33-43(41,42)28-14-9-24-3-1-2-4-25(24)20-28)31(38)35-17-15-34(16-18-35)26-10-12-27(13-11-26)36(39)40/h1-14,20,29H,15-19H2,(H,33,37). The predicted molar refractivity (Wildman–Crippen MR) is 160 cm³/mol. The summed E-state index contributed by atoms with van der Waals surface area (Å²) in [5.41, 5.74) is 1.76. The van der Waals surface area contributed by atoms with E-state index in [4.69, 9.17) is 5.26 Å². The number of nitro benzene ring substituents is 1. The molecular weight excluding hydrogens is 570 g/mol. The van der Waals surface area contributed by atoms with Crippen molar-refractivity contribution >= 4 is 44.0 Å². The number of fused-ring (bicyclic) bond motifs is 1. The van der Waals surface area contributed by atoms with E-state index in [2.05, 4.69) is 4.72 Å². The van der Waals surface area contributed by atoms with E-state index in [0.717, 1.165) is 11.1 Å². The van der Waals surface area contributed by atoms with Crippen LogP contribution >= 0.6 is 0 Å². The fourth-order valence-corrected chi connectivity index (χ4v) is 6.09. The average molecular weight is 598 g/mol. The molecule has 0 saturated carbocycles. The van der Waals surface area contributed by atoms with E-state index in [-0.39, 0.29) is 30.1 Å². The number of sulfonamides is 1. The molecule has 0 aliphatic carbocycles. The number of benzene rings is 4. The third-order valence-electron chi connectivity index (χ3n) is 7.42. The number of carbonyl (C=O) groups excluding carboxylic acids is 2. The van der Waals surface area contributed by atoms with E-state index in [0.29, 0.717) is 29.6 Å². The molecule has 0 aromatic heterocycles. The molecular formula is C31H27N5O6S. The van der Waals surface area contributed by atoms with Gasteiger partial charge in [-0.05, 0) is 59.2 Å². The van der Waals surface area contributed by atoms with Crippen molar-refractivity contribution < 1.29 is 22.9 Å². The Morgan fingerprint density at radius 3 is 2.19 bits per heavy atom. The number of carbonyl (C=O) groups is 2. The Morgan fingerprint density at radius 1 is 0.907 bits per heavy atom. The van der Waals surface area contributed by atoms with Crippen molar-refractivity contribution in [1.82, 2.24) is 9.62 Å². The smallest absolute Gasteiger partial charge is 0.269 e. The molecule has 11 nitrogen and oxygen atoms in total. The van der Waals surface area contributed by atoms with Gasteiger partial charge in [-0.15, -0.1) is 0 Å². The van der Waals surface area contributed by atoms with Gasteiger partial charge >= 0.3 is 0 Å². The minimum atomic E-state index is -4.29. The van der Waals surface area contributed by atoms with Crippen LogP contribution in [-0.4, -0.2) is 56.2 Å². The molecule has 0 radical (unpaired) electrons. The van der Waals surface area contributed by atoms with Gasteiger partial charge in [0, 0.05) is 44.0 Å². The lowest BCUT2D eigenvalue weighted by Crippen LogP contribution is -2.53. The molecule has 1 N–H and O–H groups in total. The van der Waals surface area contributed by atoms with E-state index in [1.165, 1.54) is 29.2 Å². The number of nitro groups is 1. The number of anilines is 1. The Balaban J connectivity index is 1.34. The molecule has 4 aromatic carbocycles. The average Bonchev–Trinajstić information content (AvgIpc) is 3.03. The third kappa shape index (κ3) is 6.63. The molecule has 1 aliphatic heterocycles. The lowest BCUT2D eigenvalue weighted by atomic mass is 9.96. The summed E-state index contributed by atoms with van der Waals surface area (Å²) in [7, 11) is -4.29. The maximum absolute atomic E-state index is 13.8. The number of rotatable bonds is 8. The van der Waals surface area contributed by atoms with Crippen LogP contribution in [0.2, 0.25) is 0 Å². The molecule has 1 fully saturated rings. The Bertz CT molecular complexity index is 1830. The van der Waals surface area contributed by atoms with Gasteiger partial charge in [0.05, 0.1) is 21.5 Å². The minimum Gasteiger partial charge on any atom is -0.368 e. The highest BCUT2D eigenvalue weighted by atomic mass is 32.2. The number of nitrogens with one attached hydrogen (secondary N) is 1. The third-order valence-corrected chi connectivity index (χ3v) is 8.77. The van der Waals surface area contributed by atoms with Gasteiger partial charge in [-0.1, -0.05) is 42.5 Å². The molecule has 12 heteroatoms. The van der Waals surface area contributed by atoms with E-state index in [1.807, 2.05) is 23.1 Å². The minimum absolute atomic E-state index is 0.0205. The fraction of sp³-hybridized carbons (Fsp3) is 0.194. The molecule has 1 atom stereocenters. The Morgan fingerprint density at radius 2 is 1.56 bits per heavy atom. The SMILES string of the molecule is N#Cc1ccc(CC(C(=O)NS(=O)(=O)c2ccc3ccccc3c2)C(=O)N2CCN(c3ccc([N+](=O)[O-])cc3)CC2)cc1. The summed E-state index contributed by atoms with van der Waals surface area (Å²) in [5, 5.41) is 21.6. The second-order valence-electron chi connectivity index (χ2n) is 10.1. The first-order valence-electron chi connectivity index (χ1n) is 13.5. The quantitative estimate of drug-likeness (QED) is 0.184. The van der Waals surface area contributed by atoms with Crippen LogP contribution in [0.25, 0.3) is 10.8 Å². The van der Waals surface area contributed by atoms with E-state index in [9.17, 15) is 28.1 Å².